The van der Waals surface area contributed by atoms with Gasteiger partial charge in [-0.25, -0.2) is 0 Å². The van der Waals surface area contributed by atoms with Gasteiger partial charge >= 0.3 is 0 Å². The van der Waals surface area contributed by atoms with E-state index < -0.39 is 0 Å². The number of nitrogens with zero attached hydrogens (tertiary/aromatic N) is 2. The molecule has 0 spiro atoms. The second-order valence-electron chi connectivity index (χ2n) is 8.10. The summed E-state index contributed by atoms with van der Waals surface area (Å²) in [6.45, 7) is 6.30. The van der Waals surface area contributed by atoms with Crippen LogP contribution in [0, 0.1) is 12.8 Å². The molecule has 1 aromatic rings. The van der Waals surface area contributed by atoms with Crippen LogP contribution in [0.3, 0.4) is 0 Å². The molecule has 1 amide bonds. The van der Waals surface area contributed by atoms with Crippen molar-refractivity contribution in [3.63, 3.8) is 0 Å². The number of anilines is 1. The third kappa shape index (κ3) is 5.23. The number of hydrogen-bond donors (Lipinski definition) is 1. The topological polar surface area (TPSA) is 35.6 Å². The molecular formula is C22H35N3O. The van der Waals surface area contributed by atoms with Crippen molar-refractivity contribution in [3.8, 4) is 0 Å². The second-order valence-corrected chi connectivity index (χ2v) is 8.10. The lowest BCUT2D eigenvalue weighted by atomic mass is 9.91. The van der Waals surface area contributed by atoms with Crippen molar-refractivity contribution >= 4 is 11.6 Å². The maximum Gasteiger partial charge on any atom is 0.222 e. The van der Waals surface area contributed by atoms with E-state index in [1.165, 1.54) is 30.5 Å². The highest BCUT2D eigenvalue weighted by Crippen LogP contribution is 2.27. The highest BCUT2D eigenvalue weighted by Gasteiger charge is 2.23. The van der Waals surface area contributed by atoms with Crippen molar-refractivity contribution in [2.75, 3.05) is 38.1 Å². The van der Waals surface area contributed by atoms with Gasteiger partial charge in [0.05, 0.1) is 0 Å². The summed E-state index contributed by atoms with van der Waals surface area (Å²) in [5.74, 6) is 1.16. The minimum Gasteiger partial charge on any atom is -0.372 e. The molecule has 4 nitrogen and oxygen atoms in total. The summed E-state index contributed by atoms with van der Waals surface area (Å²) in [4.78, 5) is 17.0. The summed E-state index contributed by atoms with van der Waals surface area (Å²) >= 11 is 0. The van der Waals surface area contributed by atoms with Gasteiger partial charge < -0.3 is 15.1 Å². The van der Waals surface area contributed by atoms with E-state index >= 15 is 0 Å². The van der Waals surface area contributed by atoms with Gasteiger partial charge in [0.25, 0.3) is 0 Å². The Morgan fingerprint density at radius 2 is 1.69 bits per heavy atom. The fraction of sp³-hybridized carbons (Fsp3) is 0.682. The second kappa shape index (κ2) is 9.40. The van der Waals surface area contributed by atoms with E-state index in [1.807, 2.05) is 7.05 Å². The fourth-order valence-corrected chi connectivity index (χ4v) is 4.35. The van der Waals surface area contributed by atoms with Crippen LogP contribution in [0.2, 0.25) is 0 Å². The zero-order chi connectivity index (χ0) is 18.4. The molecule has 2 aliphatic heterocycles. The van der Waals surface area contributed by atoms with Crippen molar-refractivity contribution in [3.05, 3.63) is 29.8 Å². The summed E-state index contributed by atoms with van der Waals surface area (Å²) in [6, 6.07) is 9.48. The van der Waals surface area contributed by atoms with Gasteiger partial charge in [-0.3, -0.25) is 4.79 Å². The van der Waals surface area contributed by atoms with Crippen LogP contribution in [-0.4, -0.2) is 50.1 Å². The molecule has 0 radical (unpaired) electrons. The SMILES string of the molecule is CNC1CCN(C(=O)CCCC2CCN(c3ccc(C)cc3)CC2)CC1. The Morgan fingerprint density at radius 3 is 2.31 bits per heavy atom. The van der Waals surface area contributed by atoms with E-state index in [4.69, 9.17) is 0 Å². The number of carbonyl (C=O) groups excluding carboxylic acids is 1. The predicted molar refractivity (Wildman–Crippen MR) is 109 cm³/mol. The number of rotatable bonds is 6. The molecule has 2 saturated heterocycles. The number of hydrogen-bond acceptors (Lipinski definition) is 3. The first kappa shape index (κ1) is 19.2. The third-order valence-corrected chi connectivity index (χ3v) is 6.27. The van der Waals surface area contributed by atoms with E-state index in [9.17, 15) is 4.79 Å². The minimum atomic E-state index is 0.372. The lowest BCUT2D eigenvalue weighted by Crippen LogP contribution is -2.43. The number of carbonyl (C=O) groups is 1. The molecule has 4 heteroatoms. The van der Waals surface area contributed by atoms with Gasteiger partial charge in [-0.15, -0.1) is 0 Å². The van der Waals surface area contributed by atoms with Crippen LogP contribution in [-0.2, 0) is 4.79 Å². The average Bonchev–Trinajstić information content (AvgIpc) is 2.69. The molecule has 0 bridgehead atoms. The Bertz CT molecular complexity index is 555. The van der Waals surface area contributed by atoms with Crippen LogP contribution in [0.4, 0.5) is 5.69 Å². The van der Waals surface area contributed by atoms with Crippen molar-refractivity contribution in [1.82, 2.24) is 10.2 Å². The van der Waals surface area contributed by atoms with Gasteiger partial charge in [0.15, 0.2) is 0 Å². The largest absolute Gasteiger partial charge is 0.372 e. The smallest absolute Gasteiger partial charge is 0.222 e. The summed E-state index contributed by atoms with van der Waals surface area (Å²) < 4.78 is 0. The molecule has 0 saturated carbocycles. The third-order valence-electron chi connectivity index (χ3n) is 6.27. The van der Waals surface area contributed by atoms with Gasteiger partial charge in [0.2, 0.25) is 5.91 Å². The van der Waals surface area contributed by atoms with Crippen LogP contribution in [0.25, 0.3) is 0 Å². The van der Waals surface area contributed by atoms with Crippen LogP contribution in [0.1, 0.15) is 50.5 Å². The number of aryl methyl sites for hydroxylation is 1. The van der Waals surface area contributed by atoms with Gasteiger partial charge in [0.1, 0.15) is 0 Å². The number of amides is 1. The molecule has 2 fully saturated rings. The van der Waals surface area contributed by atoms with E-state index in [0.29, 0.717) is 11.9 Å². The maximum absolute atomic E-state index is 12.4. The van der Waals surface area contributed by atoms with Crippen molar-refractivity contribution in [2.45, 2.75) is 57.9 Å². The van der Waals surface area contributed by atoms with E-state index in [0.717, 1.165) is 57.8 Å². The molecule has 1 aromatic carbocycles. The first-order valence-electron chi connectivity index (χ1n) is 10.4. The summed E-state index contributed by atoms with van der Waals surface area (Å²) in [7, 11) is 2.02. The first-order chi connectivity index (χ1) is 12.7. The molecule has 26 heavy (non-hydrogen) atoms. The Kier molecular flexibility index (Phi) is 6.95. The molecule has 0 unspecified atom stereocenters. The summed E-state index contributed by atoms with van der Waals surface area (Å²) in [5.41, 5.74) is 2.68. The lowest BCUT2D eigenvalue weighted by molar-refractivity contribution is -0.132. The number of benzene rings is 1. The van der Waals surface area contributed by atoms with Crippen molar-refractivity contribution < 1.29 is 4.79 Å². The van der Waals surface area contributed by atoms with Gasteiger partial charge in [0, 0.05) is 44.3 Å². The van der Waals surface area contributed by atoms with Crippen LogP contribution < -0.4 is 10.2 Å². The Labute approximate surface area is 158 Å². The minimum absolute atomic E-state index is 0.372. The lowest BCUT2D eigenvalue weighted by Gasteiger charge is -2.34. The molecule has 3 rings (SSSR count). The predicted octanol–water partition coefficient (Wildman–Crippen LogP) is 3.59. The Balaban J connectivity index is 1.32. The average molecular weight is 358 g/mol. The highest BCUT2D eigenvalue weighted by molar-refractivity contribution is 5.76. The maximum atomic E-state index is 12.4. The summed E-state index contributed by atoms with van der Waals surface area (Å²) in [5, 5.41) is 3.33. The van der Waals surface area contributed by atoms with Gasteiger partial charge in [-0.2, -0.15) is 0 Å². The quantitative estimate of drug-likeness (QED) is 0.845. The number of piperidine rings is 2. The summed E-state index contributed by atoms with van der Waals surface area (Å²) in [6.07, 6.45) is 7.72. The van der Waals surface area contributed by atoms with E-state index in [2.05, 4.69) is 46.3 Å². The molecular weight excluding hydrogens is 322 g/mol. The number of likely N-dealkylation sites (tertiary alicyclic amines) is 1. The Hall–Kier alpha value is -1.55. The zero-order valence-electron chi connectivity index (χ0n) is 16.5. The molecule has 2 aliphatic rings. The Morgan fingerprint density at radius 1 is 1.04 bits per heavy atom. The fourth-order valence-electron chi connectivity index (χ4n) is 4.35. The monoisotopic (exact) mass is 357 g/mol. The normalized spacial score (nSPS) is 19.8. The highest BCUT2D eigenvalue weighted by atomic mass is 16.2. The van der Waals surface area contributed by atoms with Gasteiger partial charge in [-0.05, 0) is 70.5 Å². The standard InChI is InChI=1S/C22H35N3O/c1-18-6-8-21(9-7-18)24-14-10-19(11-15-24)4-3-5-22(26)25-16-12-20(23-2)13-17-25/h6-9,19-20,23H,3-5,10-17H2,1-2H3. The zero-order valence-corrected chi connectivity index (χ0v) is 16.5. The van der Waals surface area contributed by atoms with Crippen LogP contribution in [0.5, 0.6) is 0 Å². The molecule has 0 atom stereocenters. The molecule has 144 valence electrons. The van der Waals surface area contributed by atoms with E-state index in [1.54, 1.807) is 0 Å². The molecule has 1 N–H and O–H groups in total. The molecule has 0 aromatic heterocycles. The van der Waals surface area contributed by atoms with Crippen LogP contribution in [0.15, 0.2) is 24.3 Å². The molecule has 0 aliphatic carbocycles. The molecule has 2 heterocycles. The van der Waals surface area contributed by atoms with Crippen LogP contribution >= 0.6 is 0 Å². The van der Waals surface area contributed by atoms with E-state index in [-0.39, 0.29) is 0 Å². The number of nitrogens with one attached hydrogen (secondary N) is 1. The van der Waals surface area contributed by atoms with Crippen molar-refractivity contribution in [1.29, 1.82) is 0 Å². The first-order valence-corrected chi connectivity index (χ1v) is 10.4. The van der Waals surface area contributed by atoms with Gasteiger partial charge in [-0.1, -0.05) is 17.7 Å². The van der Waals surface area contributed by atoms with Crippen molar-refractivity contribution in [2.24, 2.45) is 5.92 Å².